The summed E-state index contributed by atoms with van der Waals surface area (Å²) >= 11 is 0. The van der Waals surface area contributed by atoms with E-state index in [-0.39, 0.29) is 6.10 Å². The third-order valence-electron chi connectivity index (χ3n) is 9.94. The molecule has 37 heavy (non-hydrogen) atoms. The van der Waals surface area contributed by atoms with Gasteiger partial charge in [-0.15, -0.1) is 0 Å². The van der Waals surface area contributed by atoms with Crippen LogP contribution in [0, 0.1) is 17.8 Å². The van der Waals surface area contributed by atoms with Gasteiger partial charge in [0.1, 0.15) is 0 Å². The first-order valence-electron chi connectivity index (χ1n) is 15.7. The number of nitrogens with one attached hydrogen (secondary N) is 3. The van der Waals surface area contributed by atoms with E-state index in [2.05, 4.69) is 37.9 Å². The van der Waals surface area contributed by atoms with Gasteiger partial charge in [0.05, 0.1) is 12.3 Å². The molecule has 5 fully saturated rings. The third-order valence-corrected chi connectivity index (χ3v) is 9.94. The van der Waals surface area contributed by atoms with Crippen molar-refractivity contribution in [3.63, 3.8) is 0 Å². The van der Waals surface area contributed by atoms with E-state index in [0.29, 0.717) is 30.0 Å². The molecule has 1 saturated carbocycles. The molecular formula is C29H54N6O2. The number of likely N-dealkylation sites (N-methyl/N-ethyl adjacent to an activating group) is 1. The molecule has 0 bridgehead atoms. The maximum Gasteiger partial charge on any atom is 0.222 e. The normalized spacial score (nSPS) is 34.8. The van der Waals surface area contributed by atoms with Crippen LogP contribution in [-0.2, 0) is 9.63 Å². The number of nitrogens with zero attached hydrogens (tertiary/aromatic N) is 3. The molecule has 5 aliphatic rings. The summed E-state index contributed by atoms with van der Waals surface area (Å²) in [6.07, 6.45) is 15.8. The lowest BCUT2D eigenvalue weighted by molar-refractivity contribution is -0.135. The smallest absolute Gasteiger partial charge is 0.222 e. The van der Waals surface area contributed by atoms with Crippen LogP contribution in [-0.4, -0.2) is 105 Å². The number of carbonyl (C=O) groups is 1. The van der Waals surface area contributed by atoms with Crippen molar-refractivity contribution in [1.29, 1.82) is 0 Å². The van der Waals surface area contributed by atoms with Crippen molar-refractivity contribution in [3.05, 3.63) is 0 Å². The van der Waals surface area contributed by atoms with Crippen molar-refractivity contribution in [3.8, 4) is 0 Å². The van der Waals surface area contributed by atoms with Gasteiger partial charge < -0.3 is 20.4 Å². The molecule has 0 spiro atoms. The average Bonchev–Trinajstić information content (AvgIpc) is 3.37. The van der Waals surface area contributed by atoms with Crippen LogP contribution in [0.15, 0.2) is 0 Å². The number of carbonyl (C=O) groups excluding carboxylic acids is 1. The van der Waals surface area contributed by atoms with Crippen molar-refractivity contribution < 1.29 is 9.63 Å². The zero-order chi connectivity index (χ0) is 25.5. The second-order valence-corrected chi connectivity index (χ2v) is 12.9. The van der Waals surface area contributed by atoms with Gasteiger partial charge in [-0.3, -0.25) is 14.5 Å². The van der Waals surface area contributed by atoms with Crippen LogP contribution in [0.5, 0.6) is 0 Å². The molecule has 5 rings (SSSR count). The van der Waals surface area contributed by atoms with E-state index < -0.39 is 0 Å². The zero-order valence-electron chi connectivity index (χ0n) is 23.5. The summed E-state index contributed by atoms with van der Waals surface area (Å²) in [6.45, 7) is 9.25. The number of hydrogen-bond donors (Lipinski definition) is 3. The molecule has 4 saturated heterocycles. The van der Waals surface area contributed by atoms with E-state index >= 15 is 0 Å². The van der Waals surface area contributed by atoms with Crippen LogP contribution in [0.3, 0.4) is 0 Å². The van der Waals surface area contributed by atoms with Gasteiger partial charge >= 0.3 is 0 Å². The first-order valence-corrected chi connectivity index (χ1v) is 15.7. The molecular weight excluding hydrogens is 464 g/mol. The number of piperidine rings is 2. The fourth-order valence-corrected chi connectivity index (χ4v) is 7.76. The summed E-state index contributed by atoms with van der Waals surface area (Å²) < 4.78 is 0. The zero-order valence-corrected chi connectivity index (χ0v) is 23.5. The van der Waals surface area contributed by atoms with Gasteiger partial charge in [-0.05, 0) is 95.8 Å². The Morgan fingerprint density at radius 3 is 2.51 bits per heavy atom. The molecule has 1 amide bonds. The molecule has 3 N–H and O–H groups in total. The second-order valence-electron chi connectivity index (χ2n) is 12.9. The minimum atomic E-state index is 0.283. The van der Waals surface area contributed by atoms with E-state index in [0.717, 1.165) is 84.0 Å². The Kier molecular flexibility index (Phi) is 10.5. The summed E-state index contributed by atoms with van der Waals surface area (Å²) in [4.78, 5) is 26.5. The molecule has 0 aromatic rings. The lowest BCUT2D eigenvalue weighted by atomic mass is 9.79. The van der Waals surface area contributed by atoms with Gasteiger partial charge in [0.15, 0.2) is 0 Å². The number of amides is 1. The minimum Gasteiger partial charge on any atom is -0.340 e. The maximum absolute atomic E-state index is 13.3. The molecule has 5 unspecified atom stereocenters. The van der Waals surface area contributed by atoms with Crippen molar-refractivity contribution >= 4 is 5.91 Å². The predicted molar refractivity (Wildman–Crippen MR) is 148 cm³/mol. The highest BCUT2D eigenvalue weighted by atomic mass is 16.7. The molecule has 1 aliphatic carbocycles. The number of piperazine rings is 1. The topological polar surface area (TPSA) is 72.1 Å². The van der Waals surface area contributed by atoms with Gasteiger partial charge in [-0.2, -0.15) is 5.48 Å². The van der Waals surface area contributed by atoms with Crippen LogP contribution in [0.4, 0.5) is 0 Å². The molecule has 212 valence electrons. The standard InChI is InChI=1S/C29H54N6O2/c1-33(21-23-7-3-2-4-8-23)22-27-19-26(32-37-27)17-25-20-30-12-10-24(25)18-29(36)35-15-13-34(14-16-35)28-9-5-6-11-31-28/h23-28,30-32H,2-22H2,1H3. The van der Waals surface area contributed by atoms with Gasteiger partial charge in [-0.25, -0.2) is 0 Å². The highest BCUT2D eigenvalue weighted by molar-refractivity contribution is 5.76. The predicted octanol–water partition coefficient (Wildman–Crippen LogP) is 2.41. The average molecular weight is 519 g/mol. The van der Waals surface area contributed by atoms with Gasteiger partial charge in [-0.1, -0.05) is 19.3 Å². The van der Waals surface area contributed by atoms with Crippen LogP contribution >= 0.6 is 0 Å². The molecule has 8 nitrogen and oxygen atoms in total. The molecule has 5 atom stereocenters. The second kappa shape index (κ2) is 14.0. The summed E-state index contributed by atoms with van der Waals surface area (Å²) in [5.74, 6) is 2.29. The Morgan fingerprint density at radius 2 is 1.73 bits per heavy atom. The lowest BCUT2D eigenvalue weighted by Gasteiger charge is -2.42. The Balaban J connectivity index is 1.03. The number of hydrogen-bond acceptors (Lipinski definition) is 7. The first kappa shape index (κ1) is 27.8. The van der Waals surface area contributed by atoms with E-state index in [4.69, 9.17) is 4.84 Å². The Hall–Kier alpha value is -0.770. The first-order chi connectivity index (χ1) is 18.1. The molecule has 0 radical (unpaired) electrons. The Labute approximate surface area is 225 Å². The van der Waals surface area contributed by atoms with Gasteiger partial charge in [0.2, 0.25) is 5.91 Å². The third kappa shape index (κ3) is 8.12. The van der Waals surface area contributed by atoms with Crippen LogP contribution < -0.4 is 16.1 Å². The highest BCUT2D eigenvalue weighted by Gasteiger charge is 2.35. The fraction of sp³-hybridized carbons (Fsp3) is 0.966. The van der Waals surface area contributed by atoms with Crippen molar-refractivity contribution in [1.82, 2.24) is 30.8 Å². The molecule has 0 aromatic heterocycles. The molecule has 4 aliphatic heterocycles. The minimum absolute atomic E-state index is 0.283. The van der Waals surface area contributed by atoms with Crippen LogP contribution in [0.25, 0.3) is 0 Å². The van der Waals surface area contributed by atoms with Crippen molar-refractivity contribution in [2.75, 3.05) is 66.0 Å². The summed E-state index contributed by atoms with van der Waals surface area (Å²) in [7, 11) is 2.27. The molecule has 8 heteroatoms. The van der Waals surface area contributed by atoms with Crippen molar-refractivity contribution in [2.45, 2.75) is 95.4 Å². The van der Waals surface area contributed by atoms with Crippen molar-refractivity contribution in [2.24, 2.45) is 17.8 Å². The summed E-state index contributed by atoms with van der Waals surface area (Å²) in [5.41, 5.74) is 3.37. The Bertz CT molecular complexity index is 690. The number of rotatable bonds is 9. The molecule has 0 aromatic carbocycles. The summed E-state index contributed by atoms with van der Waals surface area (Å²) in [6, 6.07) is 0.405. The maximum atomic E-state index is 13.3. The monoisotopic (exact) mass is 518 g/mol. The van der Waals surface area contributed by atoms with E-state index in [1.54, 1.807) is 0 Å². The quantitative estimate of drug-likeness (QED) is 0.433. The van der Waals surface area contributed by atoms with E-state index in [9.17, 15) is 4.79 Å². The largest absolute Gasteiger partial charge is 0.340 e. The Morgan fingerprint density at radius 1 is 0.919 bits per heavy atom. The van der Waals surface area contributed by atoms with E-state index in [1.807, 2.05) is 0 Å². The van der Waals surface area contributed by atoms with Crippen LogP contribution in [0.1, 0.15) is 77.0 Å². The van der Waals surface area contributed by atoms with E-state index in [1.165, 1.54) is 57.9 Å². The lowest BCUT2D eigenvalue weighted by Crippen LogP contribution is -2.57. The van der Waals surface area contributed by atoms with Gasteiger partial charge in [0, 0.05) is 51.7 Å². The SMILES string of the molecule is CN(CC1CCCCC1)CC1CC(CC2CNCCC2CC(=O)N2CCN(C3CCCCN3)CC2)NO1. The van der Waals surface area contributed by atoms with Crippen LogP contribution in [0.2, 0.25) is 0 Å². The summed E-state index contributed by atoms with van der Waals surface area (Å²) in [5, 5.41) is 7.27. The highest BCUT2D eigenvalue weighted by Crippen LogP contribution is 2.30. The molecule has 4 heterocycles. The number of hydroxylamine groups is 1. The van der Waals surface area contributed by atoms with Gasteiger partial charge in [0.25, 0.3) is 0 Å². The fourth-order valence-electron chi connectivity index (χ4n) is 7.76.